The lowest BCUT2D eigenvalue weighted by Gasteiger charge is -2.30. The standard InChI is InChI=1S/C28H35N5O4/c1-3-5-8-17-30-27(35)28(16-4-2)25(24-11-7-6-10-22(24)20-31-33-29)37-26(32-28)21-12-14-23(15-13-21)36-19-9-18-34/h4,6-7,10-15,25,34H,2-3,5,8-9,16-20H2,1H3,(H,30,35)/t25-,28-/m1/s1. The van der Waals surface area contributed by atoms with Crippen LogP contribution in [0.2, 0.25) is 0 Å². The summed E-state index contributed by atoms with van der Waals surface area (Å²) in [6, 6.07) is 14.7. The van der Waals surface area contributed by atoms with Crippen molar-refractivity contribution in [2.24, 2.45) is 10.1 Å². The highest BCUT2D eigenvalue weighted by Gasteiger charge is 2.52. The summed E-state index contributed by atoms with van der Waals surface area (Å²) in [5.41, 5.74) is 9.82. The molecule has 0 aromatic heterocycles. The zero-order chi connectivity index (χ0) is 26.5. The molecular weight excluding hydrogens is 470 g/mol. The van der Waals surface area contributed by atoms with Crippen molar-refractivity contribution in [2.45, 2.75) is 57.2 Å². The van der Waals surface area contributed by atoms with Crippen molar-refractivity contribution in [1.82, 2.24) is 5.32 Å². The molecule has 0 bridgehead atoms. The molecule has 0 unspecified atom stereocenters. The van der Waals surface area contributed by atoms with Crippen LogP contribution >= 0.6 is 0 Å². The van der Waals surface area contributed by atoms with Gasteiger partial charge in [0.25, 0.3) is 5.91 Å². The van der Waals surface area contributed by atoms with Crippen LogP contribution in [0.1, 0.15) is 61.8 Å². The SMILES string of the molecule is C=CC[C@@]1(C(=O)NCCCCC)N=C(c2ccc(OCCCO)cc2)O[C@@H]1c1ccccc1CN=[N+]=[N-]. The molecule has 1 amide bonds. The summed E-state index contributed by atoms with van der Waals surface area (Å²) < 4.78 is 12.1. The molecule has 0 aliphatic carbocycles. The lowest BCUT2D eigenvalue weighted by atomic mass is 9.82. The number of azide groups is 1. The number of ether oxygens (including phenoxy) is 2. The first-order chi connectivity index (χ1) is 18.1. The minimum Gasteiger partial charge on any atom is -0.494 e. The van der Waals surface area contributed by atoms with E-state index in [4.69, 9.17) is 25.1 Å². The van der Waals surface area contributed by atoms with E-state index in [0.717, 1.165) is 30.4 Å². The van der Waals surface area contributed by atoms with E-state index < -0.39 is 11.6 Å². The Morgan fingerprint density at radius 1 is 1.27 bits per heavy atom. The van der Waals surface area contributed by atoms with Gasteiger partial charge in [-0.15, -0.1) is 6.58 Å². The van der Waals surface area contributed by atoms with Crippen molar-refractivity contribution in [1.29, 1.82) is 0 Å². The van der Waals surface area contributed by atoms with Crippen molar-refractivity contribution < 1.29 is 19.4 Å². The van der Waals surface area contributed by atoms with Crippen molar-refractivity contribution in [3.8, 4) is 5.75 Å². The van der Waals surface area contributed by atoms with Gasteiger partial charge in [0.05, 0.1) is 13.2 Å². The number of carbonyl (C=O) groups excluding carboxylic acids is 1. The van der Waals surface area contributed by atoms with Gasteiger partial charge in [-0.3, -0.25) is 4.79 Å². The number of nitrogens with zero attached hydrogens (tertiary/aromatic N) is 4. The molecule has 2 N–H and O–H groups in total. The van der Waals surface area contributed by atoms with Crippen LogP contribution in [-0.2, 0) is 16.1 Å². The fourth-order valence-corrected chi connectivity index (χ4v) is 4.28. The molecule has 0 saturated carbocycles. The van der Waals surface area contributed by atoms with Crippen LogP contribution in [0, 0.1) is 0 Å². The van der Waals surface area contributed by atoms with E-state index >= 15 is 0 Å². The number of aliphatic imine (C=N–C) groups is 1. The quantitative estimate of drug-likeness (QED) is 0.110. The highest BCUT2D eigenvalue weighted by molar-refractivity contribution is 6.01. The van der Waals surface area contributed by atoms with Gasteiger partial charge in [-0.2, -0.15) is 0 Å². The van der Waals surface area contributed by atoms with Crippen LogP contribution in [0.25, 0.3) is 10.4 Å². The highest BCUT2D eigenvalue weighted by atomic mass is 16.5. The second kappa shape index (κ2) is 14.1. The molecule has 0 spiro atoms. The number of hydrogen-bond donors (Lipinski definition) is 2. The van der Waals surface area contributed by atoms with E-state index in [1.165, 1.54) is 0 Å². The molecule has 1 aliphatic heterocycles. The minimum absolute atomic E-state index is 0.0666. The van der Waals surface area contributed by atoms with Crippen LogP contribution in [0.15, 0.2) is 71.3 Å². The molecular formula is C28H35N5O4. The second-order valence-corrected chi connectivity index (χ2v) is 8.83. The number of nitrogens with one attached hydrogen (secondary N) is 1. The smallest absolute Gasteiger partial charge is 0.252 e. The maximum absolute atomic E-state index is 13.7. The second-order valence-electron chi connectivity index (χ2n) is 8.83. The van der Waals surface area contributed by atoms with Crippen LogP contribution in [0.4, 0.5) is 0 Å². The number of aliphatic hydroxyl groups is 1. The van der Waals surface area contributed by atoms with E-state index in [9.17, 15) is 4.79 Å². The lowest BCUT2D eigenvalue weighted by molar-refractivity contribution is -0.128. The molecule has 3 rings (SSSR count). The van der Waals surface area contributed by atoms with Crippen molar-refractivity contribution in [3.05, 3.63) is 88.3 Å². The Labute approximate surface area is 217 Å². The summed E-state index contributed by atoms with van der Waals surface area (Å²) in [6.45, 7) is 7.17. The largest absolute Gasteiger partial charge is 0.494 e. The Hall–Kier alpha value is -3.81. The first kappa shape index (κ1) is 27.8. The van der Waals surface area contributed by atoms with E-state index in [-0.39, 0.29) is 25.5 Å². The van der Waals surface area contributed by atoms with Gasteiger partial charge in [-0.1, -0.05) is 55.2 Å². The Balaban J connectivity index is 2.00. The zero-order valence-electron chi connectivity index (χ0n) is 21.3. The predicted octanol–water partition coefficient (Wildman–Crippen LogP) is 5.40. The predicted molar refractivity (Wildman–Crippen MR) is 143 cm³/mol. The average molecular weight is 506 g/mol. The minimum atomic E-state index is -1.27. The summed E-state index contributed by atoms with van der Waals surface area (Å²) in [5.74, 6) is 0.778. The summed E-state index contributed by atoms with van der Waals surface area (Å²) in [5, 5.41) is 15.8. The van der Waals surface area contributed by atoms with Gasteiger partial charge in [0.2, 0.25) is 5.90 Å². The van der Waals surface area contributed by atoms with Crippen LogP contribution in [0.3, 0.4) is 0 Å². The highest BCUT2D eigenvalue weighted by Crippen LogP contribution is 2.44. The molecule has 196 valence electrons. The molecule has 37 heavy (non-hydrogen) atoms. The van der Waals surface area contributed by atoms with E-state index in [2.05, 4.69) is 28.8 Å². The van der Waals surface area contributed by atoms with Crippen molar-refractivity contribution in [3.63, 3.8) is 0 Å². The summed E-state index contributed by atoms with van der Waals surface area (Å²) in [7, 11) is 0. The molecule has 2 atom stereocenters. The third-order valence-electron chi connectivity index (χ3n) is 6.19. The van der Waals surface area contributed by atoms with Gasteiger partial charge in [0.1, 0.15) is 5.75 Å². The molecule has 0 radical (unpaired) electrons. The van der Waals surface area contributed by atoms with E-state index in [1.807, 2.05) is 48.5 Å². The van der Waals surface area contributed by atoms with Gasteiger partial charge in [0.15, 0.2) is 11.6 Å². The van der Waals surface area contributed by atoms with Gasteiger partial charge >= 0.3 is 0 Å². The molecule has 2 aromatic rings. The number of rotatable bonds is 15. The lowest BCUT2D eigenvalue weighted by Crippen LogP contribution is -2.48. The molecule has 0 fully saturated rings. The monoisotopic (exact) mass is 505 g/mol. The maximum Gasteiger partial charge on any atom is 0.252 e. The third-order valence-corrected chi connectivity index (χ3v) is 6.19. The number of aliphatic hydroxyl groups excluding tert-OH is 1. The number of amides is 1. The number of unbranched alkanes of at least 4 members (excludes halogenated alkanes) is 2. The van der Waals surface area contributed by atoms with Gasteiger partial charge < -0.3 is 19.9 Å². The Morgan fingerprint density at radius 3 is 2.76 bits per heavy atom. The van der Waals surface area contributed by atoms with Gasteiger partial charge in [-0.25, -0.2) is 4.99 Å². The zero-order valence-corrected chi connectivity index (χ0v) is 21.3. The molecule has 1 aliphatic rings. The Bertz CT molecular complexity index is 1130. The fraction of sp³-hybridized carbons (Fsp3) is 0.429. The van der Waals surface area contributed by atoms with E-state index in [0.29, 0.717) is 36.8 Å². The van der Waals surface area contributed by atoms with Crippen molar-refractivity contribution >= 4 is 11.8 Å². The maximum atomic E-state index is 13.7. The molecule has 2 aromatic carbocycles. The summed E-state index contributed by atoms with van der Waals surface area (Å²) in [6.07, 6.45) is 4.70. The first-order valence-corrected chi connectivity index (χ1v) is 12.7. The number of hydrogen-bond acceptors (Lipinski definition) is 6. The first-order valence-electron chi connectivity index (χ1n) is 12.7. The summed E-state index contributed by atoms with van der Waals surface area (Å²) in [4.78, 5) is 21.5. The molecule has 1 heterocycles. The van der Waals surface area contributed by atoms with Gasteiger partial charge in [-0.05, 0) is 47.3 Å². The topological polar surface area (TPSA) is 129 Å². The number of carbonyl (C=O) groups is 1. The van der Waals surface area contributed by atoms with Crippen molar-refractivity contribution in [2.75, 3.05) is 19.8 Å². The number of benzene rings is 2. The third kappa shape index (κ3) is 6.90. The van der Waals surface area contributed by atoms with Crippen LogP contribution < -0.4 is 10.1 Å². The summed E-state index contributed by atoms with van der Waals surface area (Å²) >= 11 is 0. The van der Waals surface area contributed by atoms with E-state index in [1.54, 1.807) is 6.08 Å². The van der Waals surface area contributed by atoms with Crippen LogP contribution in [0.5, 0.6) is 5.75 Å². The fourth-order valence-electron chi connectivity index (χ4n) is 4.28. The Kier molecular flexibility index (Phi) is 10.6. The Morgan fingerprint density at radius 2 is 2.05 bits per heavy atom. The average Bonchev–Trinajstić information content (AvgIpc) is 3.31. The normalized spacial score (nSPS) is 18.3. The molecule has 9 heteroatoms. The molecule has 9 nitrogen and oxygen atoms in total. The molecule has 0 saturated heterocycles. The van der Waals surface area contributed by atoms with Crippen LogP contribution in [-0.4, -0.2) is 42.2 Å². The van der Waals surface area contributed by atoms with Gasteiger partial charge in [0, 0.05) is 36.5 Å².